The highest BCUT2D eigenvalue weighted by atomic mass is 32.2. The smallest absolute Gasteiger partial charge is 0.187 e. The molecule has 1 aromatic carbocycles. The average molecular weight is 238 g/mol. The molecule has 0 atom stereocenters. The molecule has 0 radical (unpaired) electrons. The first kappa shape index (κ1) is 11.0. The minimum atomic E-state index is -0.827. The Kier molecular flexibility index (Phi) is 3.46. The van der Waals surface area contributed by atoms with E-state index in [2.05, 4.69) is 9.97 Å². The zero-order valence-corrected chi connectivity index (χ0v) is 9.05. The summed E-state index contributed by atoms with van der Waals surface area (Å²) in [6, 6.07) is 5.84. The summed E-state index contributed by atoms with van der Waals surface area (Å²) < 4.78 is 26.2. The number of halogens is 2. The molecule has 0 amide bonds. The van der Waals surface area contributed by atoms with E-state index in [-0.39, 0.29) is 0 Å². The summed E-state index contributed by atoms with van der Waals surface area (Å²) in [6.45, 7) is 0. The van der Waals surface area contributed by atoms with E-state index in [1.54, 1.807) is 24.5 Å². The molecule has 0 N–H and O–H groups in total. The van der Waals surface area contributed by atoms with E-state index in [0.29, 0.717) is 16.5 Å². The molecule has 2 rings (SSSR count). The van der Waals surface area contributed by atoms with Gasteiger partial charge < -0.3 is 0 Å². The lowest BCUT2D eigenvalue weighted by Crippen LogP contribution is -1.92. The highest BCUT2D eigenvalue weighted by Gasteiger charge is 2.08. The van der Waals surface area contributed by atoms with Crippen molar-refractivity contribution in [3.05, 3.63) is 53.9 Å². The van der Waals surface area contributed by atoms with Gasteiger partial charge in [-0.25, -0.2) is 18.7 Å². The van der Waals surface area contributed by atoms with Gasteiger partial charge in [0.1, 0.15) is 0 Å². The molecule has 1 heterocycles. The van der Waals surface area contributed by atoms with E-state index < -0.39 is 11.6 Å². The fraction of sp³-hybridized carbons (Fsp3) is 0.0909. The molecule has 0 fully saturated rings. The summed E-state index contributed by atoms with van der Waals surface area (Å²) >= 11 is 1.27. The Morgan fingerprint density at radius 1 is 1.06 bits per heavy atom. The zero-order valence-electron chi connectivity index (χ0n) is 8.23. The monoisotopic (exact) mass is 238 g/mol. The second kappa shape index (κ2) is 5.03. The Bertz CT molecular complexity index is 477. The normalized spacial score (nSPS) is 10.4. The van der Waals surface area contributed by atoms with Crippen LogP contribution in [0.3, 0.4) is 0 Å². The summed E-state index contributed by atoms with van der Waals surface area (Å²) in [7, 11) is 0. The molecular formula is C11H8F2N2S. The number of hydrogen-bond acceptors (Lipinski definition) is 3. The zero-order chi connectivity index (χ0) is 11.4. The van der Waals surface area contributed by atoms with Crippen molar-refractivity contribution >= 4 is 11.8 Å². The summed E-state index contributed by atoms with van der Waals surface area (Å²) in [5.41, 5.74) is 0.317. The maximum atomic E-state index is 13.3. The molecular weight excluding hydrogens is 230 g/mol. The summed E-state index contributed by atoms with van der Waals surface area (Å²) in [4.78, 5) is 7.96. The SMILES string of the molecule is Fc1cccc(CSc2ncccn2)c1F. The Morgan fingerprint density at radius 2 is 1.81 bits per heavy atom. The first-order valence-corrected chi connectivity index (χ1v) is 5.58. The van der Waals surface area contributed by atoms with Gasteiger partial charge in [0.25, 0.3) is 0 Å². The first-order valence-electron chi connectivity index (χ1n) is 4.60. The van der Waals surface area contributed by atoms with Gasteiger partial charge in [-0.15, -0.1) is 0 Å². The van der Waals surface area contributed by atoms with Crippen molar-refractivity contribution in [1.82, 2.24) is 9.97 Å². The van der Waals surface area contributed by atoms with E-state index in [1.165, 1.54) is 17.8 Å². The molecule has 0 bridgehead atoms. The van der Waals surface area contributed by atoms with Crippen molar-refractivity contribution in [1.29, 1.82) is 0 Å². The van der Waals surface area contributed by atoms with Crippen LogP contribution >= 0.6 is 11.8 Å². The lowest BCUT2D eigenvalue weighted by atomic mass is 10.2. The van der Waals surface area contributed by atoms with Crippen LogP contribution in [-0.4, -0.2) is 9.97 Å². The van der Waals surface area contributed by atoms with Gasteiger partial charge in [-0.1, -0.05) is 23.9 Å². The summed E-state index contributed by atoms with van der Waals surface area (Å²) in [6.07, 6.45) is 3.22. The summed E-state index contributed by atoms with van der Waals surface area (Å²) in [5, 5.41) is 0.547. The molecule has 0 aliphatic rings. The number of aromatic nitrogens is 2. The van der Waals surface area contributed by atoms with E-state index in [4.69, 9.17) is 0 Å². The molecule has 0 saturated heterocycles. The van der Waals surface area contributed by atoms with Crippen molar-refractivity contribution < 1.29 is 8.78 Å². The van der Waals surface area contributed by atoms with Gasteiger partial charge in [0.15, 0.2) is 16.8 Å². The molecule has 2 aromatic rings. The molecule has 16 heavy (non-hydrogen) atoms. The topological polar surface area (TPSA) is 25.8 Å². The van der Waals surface area contributed by atoms with Crippen LogP contribution in [0.2, 0.25) is 0 Å². The largest absolute Gasteiger partial charge is 0.231 e. The molecule has 82 valence electrons. The third-order valence-corrected chi connectivity index (χ3v) is 2.85. The second-order valence-electron chi connectivity index (χ2n) is 3.03. The lowest BCUT2D eigenvalue weighted by molar-refractivity contribution is 0.502. The lowest BCUT2D eigenvalue weighted by Gasteiger charge is -2.02. The summed E-state index contributed by atoms with van der Waals surface area (Å²) in [5.74, 6) is -1.31. The van der Waals surface area contributed by atoms with Crippen LogP contribution in [0.4, 0.5) is 8.78 Å². The molecule has 0 aliphatic heterocycles. The van der Waals surface area contributed by atoms with Crippen LogP contribution in [0.15, 0.2) is 41.8 Å². The average Bonchev–Trinajstić information content (AvgIpc) is 2.32. The number of nitrogens with zero attached hydrogens (tertiary/aromatic N) is 2. The van der Waals surface area contributed by atoms with Gasteiger partial charge in [-0.05, 0) is 12.1 Å². The van der Waals surface area contributed by atoms with E-state index >= 15 is 0 Å². The molecule has 0 saturated carbocycles. The van der Waals surface area contributed by atoms with Gasteiger partial charge in [0.2, 0.25) is 0 Å². The fourth-order valence-corrected chi connectivity index (χ4v) is 1.94. The predicted molar refractivity (Wildman–Crippen MR) is 58.0 cm³/mol. The van der Waals surface area contributed by atoms with E-state index in [0.717, 1.165) is 6.07 Å². The molecule has 0 aliphatic carbocycles. The Hall–Kier alpha value is -1.49. The van der Waals surface area contributed by atoms with Crippen LogP contribution in [0, 0.1) is 11.6 Å². The Labute approximate surface area is 95.7 Å². The van der Waals surface area contributed by atoms with Crippen LogP contribution in [0.1, 0.15) is 5.56 Å². The number of hydrogen-bond donors (Lipinski definition) is 0. The first-order chi connectivity index (χ1) is 7.77. The fourth-order valence-electron chi connectivity index (χ4n) is 1.16. The Morgan fingerprint density at radius 3 is 2.56 bits per heavy atom. The van der Waals surface area contributed by atoms with Crippen LogP contribution in [0.5, 0.6) is 0 Å². The van der Waals surface area contributed by atoms with Crippen LogP contribution in [-0.2, 0) is 5.75 Å². The third kappa shape index (κ3) is 2.55. The van der Waals surface area contributed by atoms with Gasteiger partial charge in [0.05, 0.1) is 0 Å². The third-order valence-electron chi connectivity index (χ3n) is 1.93. The number of thioether (sulfide) groups is 1. The maximum Gasteiger partial charge on any atom is 0.187 e. The highest BCUT2D eigenvalue weighted by Crippen LogP contribution is 2.21. The highest BCUT2D eigenvalue weighted by molar-refractivity contribution is 7.98. The molecule has 0 unspecified atom stereocenters. The van der Waals surface area contributed by atoms with Gasteiger partial charge in [-0.3, -0.25) is 0 Å². The predicted octanol–water partition coefficient (Wildman–Crippen LogP) is 3.05. The second-order valence-corrected chi connectivity index (χ2v) is 3.98. The van der Waals surface area contributed by atoms with E-state index in [1.807, 2.05) is 0 Å². The minimum absolute atomic E-state index is 0.313. The Balaban J connectivity index is 2.08. The van der Waals surface area contributed by atoms with Crippen molar-refractivity contribution in [2.45, 2.75) is 10.9 Å². The van der Waals surface area contributed by atoms with Gasteiger partial charge in [-0.2, -0.15) is 0 Å². The molecule has 0 spiro atoms. The quantitative estimate of drug-likeness (QED) is 0.607. The number of benzene rings is 1. The maximum absolute atomic E-state index is 13.3. The number of rotatable bonds is 3. The van der Waals surface area contributed by atoms with E-state index in [9.17, 15) is 8.78 Å². The van der Waals surface area contributed by atoms with Crippen molar-refractivity contribution in [3.63, 3.8) is 0 Å². The van der Waals surface area contributed by atoms with Crippen LogP contribution in [0.25, 0.3) is 0 Å². The standard InChI is InChI=1S/C11H8F2N2S/c12-9-4-1-3-8(10(9)13)7-16-11-14-5-2-6-15-11/h1-6H,7H2. The van der Waals surface area contributed by atoms with Gasteiger partial charge >= 0.3 is 0 Å². The van der Waals surface area contributed by atoms with Crippen molar-refractivity contribution in [3.8, 4) is 0 Å². The molecule has 5 heteroatoms. The molecule has 1 aromatic heterocycles. The van der Waals surface area contributed by atoms with Gasteiger partial charge in [0, 0.05) is 23.7 Å². The van der Waals surface area contributed by atoms with Crippen molar-refractivity contribution in [2.75, 3.05) is 0 Å². The molecule has 2 nitrogen and oxygen atoms in total. The van der Waals surface area contributed by atoms with Crippen molar-refractivity contribution in [2.24, 2.45) is 0 Å². The minimum Gasteiger partial charge on any atom is -0.231 e. The van der Waals surface area contributed by atoms with Crippen LogP contribution < -0.4 is 0 Å².